The Hall–Kier alpha value is -2.95. The van der Waals surface area contributed by atoms with Crippen LogP contribution in [-0.2, 0) is 19.3 Å². The van der Waals surface area contributed by atoms with Crippen LogP contribution < -0.4 is 10.2 Å². The van der Waals surface area contributed by atoms with E-state index in [4.69, 9.17) is 0 Å². The monoisotopic (exact) mass is 476 g/mol. The van der Waals surface area contributed by atoms with Gasteiger partial charge in [-0.15, -0.1) is 0 Å². The molecule has 33 heavy (non-hydrogen) atoms. The van der Waals surface area contributed by atoms with Crippen molar-refractivity contribution in [2.45, 2.75) is 32.5 Å². The number of thiazole rings is 1. The smallest absolute Gasteiger partial charge is 0.361 e. The van der Waals surface area contributed by atoms with E-state index in [1.807, 2.05) is 30.3 Å². The fraction of sp³-hybridized carbons (Fsp3) is 0.304. The summed E-state index contributed by atoms with van der Waals surface area (Å²) in [5.74, 6) is -0.226. The molecule has 4 rings (SSSR count). The van der Waals surface area contributed by atoms with Crippen molar-refractivity contribution in [1.82, 2.24) is 15.2 Å². The van der Waals surface area contributed by atoms with Gasteiger partial charge in [0.25, 0.3) is 5.91 Å². The molecule has 174 valence electrons. The lowest BCUT2D eigenvalue weighted by Crippen LogP contribution is -2.38. The molecule has 2 heterocycles. The second kappa shape index (κ2) is 9.50. The lowest BCUT2D eigenvalue weighted by molar-refractivity contribution is -0.137. The van der Waals surface area contributed by atoms with Gasteiger partial charge in [-0.05, 0) is 30.2 Å². The number of hydrogen-bond acceptors (Lipinski definition) is 6. The van der Waals surface area contributed by atoms with E-state index in [1.165, 1.54) is 23.5 Å². The Balaban J connectivity index is 1.39. The molecule has 1 atom stereocenters. The molecule has 1 saturated heterocycles. The molecule has 0 radical (unpaired) electrons. The molecule has 0 spiro atoms. The standard InChI is InChI=1S/C23H23F3N4O2S/c1-15-19(20(31)27-13-16-5-3-2-4-6-16)33-21(28-15)30-12-11-29(22(30)32)14-17-7-9-18(10-8-17)23(24,25)26/h2-10,22,32H,11-14H2,1H3,(H,27,31). The van der Waals surface area contributed by atoms with E-state index in [2.05, 4.69) is 10.3 Å². The number of nitrogens with one attached hydrogen (secondary N) is 1. The summed E-state index contributed by atoms with van der Waals surface area (Å²) in [6.07, 6.45) is -5.37. The maximum atomic E-state index is 12.8. The largest absolute Gasteiger partial charge is 0.416 e. The number of nitrogens with zero attached hydrogens (tertiary/aromatic N) is 3. The first-order chi connectivity index (χ1) is 15.7. The number of aryl methyl sites for hydroxylation is 1. The maximum Gasteiger partial charge on any atom is 0.416 e. The first-order valence-corrected chi connectivity index (χ1v) is 11.2. The Morgan fingerprint density at radius 2 is 1.82 bits per heavy atom. The summed E-state index contributed by atoms with van der Waals surface area (Å²) in [6.45, 7) is 3.44. The second-order valence-electron chi connectivity index (χ2n) is 7.78. The number of halogens is 3. The molecule has 0 bridgehead atoms. The van der Waals surface area contributed by atoms with Gasteiger partial charge in [-0.3, -0.25) is 9.69 Å². The molecule has 1 amide bonds. The van der Waals surface area contributed by atoms with E-state index in [-0.39, 0.29) is 5.91 Å². The molecule has 1 aromatic heterocycles. The Morgan fingerprint density at radius 1 is 1.12 bits per heavy atom. The van der Waals surface area contributed by atoms with Crippen molar-refractivity contribution in [3.8, 4) is 0 Å². The zero-order chi connectivity index (χ0) is 23.6. The predicted molar refractivity (Wildman–Crippen MR) is 120 cm³/mol. The van der Waals surface area contributed by atoms with E-state index in [0.29, 0.717) is 47.4 Å². The fourth-order valence-corrected chi connectivity index (χ4v) is 4.65. The number of amides is 1. The highest BCUT2D eigenvalue weighted by Crippen LogP contribution is 2.32. The van der Waals surface area contributed by atoms with Gasteiger partial charge < -0.3 is 15.3 Å². The zero-order valence-electron chi connectivity index (χ0n) is 17.8. The zero-order valence-corrected chi connectivity index (χ0v) is 18.7. The van der Waals surface area contributed by atoms with Gasteiger partial charge in [0.05, 0.1) is 11.3 Å². The van der Waals surface area contributed by atoms with Gasteiger partial charge in [0.1, 0.15) is 4.88 Å². The first kappa shape index (κ1) is 23.2. The summed E-state index contributed by atoms with van der Waals surface area (Å²) < 4.78 is 38.3. The minimum absolute atomic E-state index is 0.226. The number of alkyl halides is 3. The SMILES string of the molecule is Cc1nc(N2CCN(Cc3ccc(C(F)(F)F)cc3)C2O)sc1C(=O)NCc1ccccc1. The third-order valence-electron chi connectivity index (χ3n) is 5.43. The number of hydrogen-bond donors (Lipinski definition) is 2. The lowest BCUT2D eigenvalue weighted by Gasteiger charge is -2.25. The molecule has 1 fully saturated rings. The Labute approximate surface area is 193 Å². The van der Waals surface area contributed by atoms with Gasteiger partial charge in [0.2, 0.25) is 0 Å². The van der Waals surface area contributed by atoms with Crippen molar-refractivity contribution in [2.75, 3.05) is 18.0 Å². The summed E-state index contributed by atoms with van der Waals surface area (Å²) in [5.41, 5.74) is 1.53. The van der Waals surface area contributed by atoms with Crippen LogP contribution in [0.15, 0.2) is 54.6 Å². The Kier molecular flexibility index (Phi) is 6.68. The number of aliphatic hydroxyl groups is 1. The van der Waals surface area contributed by atoms with Gasteiger partial charge in [0.15, 0.2) is 11.5 Å². The number of aromatic nitrogens is 1. The van der Waals surface area contributed by atoms with Crippen molar-refractivity contribution < 1.29 is 23.1 Å². The van der Waals surface area contributed by atoms with Gasteiger partial charge in [-0.25, -0.2) is 4.98 Å². The summed E-state index contributed by atoms with van der Waals surface area (Å²) in [5, 5.41) is 14.2. The molecule has 1 aliphatic rings. The molecule has 1 aliphatic heterocycles. The molecule has 0 saturated carbocycles. The third-order valence-corrected chi connectivity index (χ3v) is 6.63. The normalized spacial score (nSPS) is 16.9. The Bertz CT molecular complexity index is 1100. The summed E-state index contributed by atoms with van der Waals surface area (Å²) >= 11 is 1.21. The highest BCUT2D eigenvalue weighted by Gasteiger charge is 2.34. The van der Waals surface area contributed by atoms with E-state index in [0.717, 1.165) is 17.7 Å². The van der Waals surface area contributed by atoms with E-state index in [1.54, 1.807) is 16.7 Å². The summed E-state index contributed by atoms with van der Waals surface area (Å²) in [4.78, 5) is 21.0. The van der Waals surface area contributed by atoms with Crippen LogP contribution in [0.5, 0.6) is 0 Å². The average Bonchev–Trinajstić information content (AvgIpc) is 3.35. The molecule has 1 unspecified atom stereocenters. The molecular formula is C23H23F3N4O2S. The van der Waals surface area contributed by atoms with Gasteiger partial charge in [0, 0.05) is 26.2 Å². The topological polar surface area (TPSA) is 68.7 Å². The van der Waals surface area contributed by atoms with Crippen LogP contribution in [0.25, 0.3) is 0 Å². The molecule has 0 aliphatic carbocycles. The molecular weight excluding hydrogens is 453 g/mol. The van der Waals surface area contributed by atoms with Gasteiger partial charge >= 0.3 is 6.18 Å². The van der Waals surface area contributed by atoms with E-state index in [9.17, 15) is 23.1 Å². The first-order valence-electron chi connectivity index (χ1n) is 10.4. The van der Waals surface area contributed by atoms with E-state index < -0.39 is 18.1 Å². The van der Waals surface area contributed by atoms with Gasteiger partial charge in [-0.1, -0.05) is 53.8 Å². The van der Waals surface area contributed by atoms with Crippen LogP contribution in [-0.4, -0.2) is 40.3 Å². The number of carbonyl (C=O) groups is 1. The quantitative estimate of drug-likeness (QED) is 0.563. The predicted octanol–water partition coefficient (Wildman–Crippen LogP) is 4.00. The van der Waals surface area contributed by atoms with Crippen molar-refractivity contribution in [3.63, 3.8) is 0 Å². The summed E-state index contributed by atoms with van der Waals surface area (Å²) in [6, 6.07) is 14.5. The third kappa shape index (κ3) is 5.35. The molecule has 3 aromatic rings. The van der Waals surface area contributed by atoms with Crippen LogP contribution in [0.2, 0.25) is 0 Å². The molecule has 2 aromatic carbocycles. The van der Waals surface area contributed by atoms with Crippen LogP contribution >= 0.6 is 11.3 Å². The van der Waals surface area contributed by atoms with Crippen LogP contribution in [0.3, 0.4) is 0 Å². The number of benzene rings is 2. The second-order valence-corrected chi connectivity index (χ2v) is 8.76. The summed E-state index contributed by atoms with van der Waals surface area (Å²) in [7, 11) is 0. The van der Waals surface area contributed by atoms with E-state index >= 15 is 0 Å². The van der Waals surface area contributed by atoms with Crippen LogP contribution in [0.1, 0.15) is 32.1 Å². The number of anilines is 1. The molecule has 10 heteroatoms. The van der Waals surface area contributed by atoms with Crippen LogP contribution in [0, 0.1) is 6.92 Å². The Morgan fingerprint density at radius 3 is 2.48 bits per heavy atom. The van der Waals surface area contributed by atoms with Crippen molar-refractivity contribution in [1.29, 1.82) is 0 Å². The highest BCUT2D eigenvalue weighted by molar-refractivity contribution is 7.17. The maximum absolute atomic E-state index is 12.8. The average molecular weight is 477 g/mol. The molecule has 6 nitrogen and oxygen atoms in total. The van der Waals surface area contributed by atoms with Crippen LogP contribution in [0.4, 0.5) is 18.3 Å². The fourth-order valence-electron chi connectivity index (χ4n) is 3.63. The number of rotatable bonds is 6. The van der Waals surface area contributed by atoms with Crippen molar-refractivity contribution in [3.05, 3.63) is 81.9 Å². The minimum Gasteiger partial charge on any atom is -0.361 e. The number of carbonyl (C=O) groups excluding carboxylic acids is 1. The molecule has 2 N–H and O–H groups in total. The van der Waals surface area contributed by atoms with Crippen molar-refractivity contribution >= 4 is 22.4 Å². The number of aliphatic hydroxyl groups excluding tert-OH is 1. The minimum atomic E-state index is -4.38. The van der Waals surface area contributed by atoms with Crippen molar-refractivity contribution in [2.24, 2.45) is 0 Å². The lowest BCUT2D eigenvalue weighted by atomic mass is 10.1. The van der Waals surface area contributed by atoms with Gasteiger partial charge in [-0.2, -0.15) is 13.2 Å². The highest BCUT2D eigenvalue weighted by atomic mass is 32.1.